The van der Waals surface area contributed by atoms with Crippen LogP contribution in [0.5, 0.6) is 11.5 Å². The summed E-state index contributed by atoms with van der Waals surface area (Å²) in [6.07, 6.45) is 0.00745. The SMILES string of the molecule is COc1ccc(CN(C)C(=O)C(C)N(C)CCC(=O)O)cc1OC. The van der Waals surface area contributed by atoms with E-state index in [-0.39, 0.29) is 12.3 Å². The van der Waals surface area contributed by atoms with Crippen LogP contribution in [0.25, 0.3) is 0 Å². The number of carboxylic acid groups (broad SMARTS) is 1. The number of ether oxygens (including phenoxy) is 2. The summed E-state index contributed by atoms with van der Waals surface area (Å²) < 4.78 is 10.5. The van der Waals surface area contributed by atoms with Crippen LogP contribution in [-0.2, 0) is 16.1 Å². The van der Waals surface area contributed by atoms with Crippen molar-refractivity contribution in [1.29, 1.82) is 0 Å². The number of carbonyl (C=O) groups excluding carboxylic acids is 1. The highest BCUT2D eigenvalue weighted by Crippen LogP contribution is 2.28. The number of methoxy groups -OCH3 is 2. The number of aliphatic carboxylic acids is 1. The molecule has 24 heavy (non-hydrogen) atoms. The van der Waals surface area contributed by atoms with Crippen molar-refractivity contribution in [3.8, 4) is 11.5 Å². The number of hydrogen-bond donors (Lipinski definition) is 1. The Morgan fingerprint density at radius 3 is 2.33 bits per heavy atom. The van der Waals surface area contributed by atoms with Gasteiger partial charge in [0.1, 0.15) is 0 Å². The van der Waals surface area contributed by atoms with E-state index >= 15 is 0 Å². The lowest BCUT2D eigenvalue weighted by Crippen LogP contribution is -2.44. The molecule has 1 aromatic rings. The Morgan fingerprint density at radius 2 is 1.79 bits per heavy atom. The van der Waals surface area contributed by atoms with Gasteiger partial charge in [0.15, 0.2) is 11.5 Å². The molecule has 1 unspecified atom stereocenters. The molecule has 134 valence electrons. The number of rotatable bonds is 9. The molecule has 0 fully saturated rings. The molecule has 1 atom stereocenters. The topological polar surface area (TPSA) is 79.3 Å². The van der Waals surface area contributed by atoms with E-state index < -0.39 is 12.0 Å². The molecule has 7 nitrogen and oxygen atoms in total. The van der Waals surface area contributed by atoms with E-state index in [4.69, 9.17) is 14.6 Å². The van der Waals surface area contributed by atoms with Gasteiger partial charge >= 0.3 is 5.97 Å². The van der Waals surface area contributed by atoms with Gasteiger partial charge in [-0.25, -0.2) is 0 Å². The van der Waals surface area contributed by atoms with Gasteiger partial charge in [-0.2, -0.15) is 0 Å². The van der Waals surface area contributed by atoms with Crippen molar-refractivity contribution in [2.24, 2.45) is 0 Å². The molecule has 1 aromatic carbocycles. The third kappa shape index (κ3) is 5.42. The van der Waals surface area contributed by atoms with E-state index in [1.54, 1.807) is 51.1 Å². The molecule has 7 heteroatoms. The maximum atomic E-state index is 12.5. The first-order chi connectivity index (χ1) is 11.3. The van der Waals surface area contributed by atoms with Gasteiger partial charge in [-0.05, 0) is 31.7 Å². The molecule has 0 bridgehead atoms. The molecule has 0 saturated carbocycles. The van der Waals surface area contributed by atoms with Crippen molar-refractivity contribution in [3.05, 3.63) is 23.8 Å². The summed E-state index contributed by atoms with van der Waals surface area (Å²) in [7, 11) is 6.61. The minimum Gasteiger partial charge on any atom is -0.493 e. The minimum atomic E-state index is -0.875. The van der Waals surface area contributed by atoms with E-state index in [0.29, 0.717) is 24.6 Å². The third-order valence-corrected chi connectivity index (χ3v) is 3.94. The Morgan fingerprint density at radius 1 is 1.17 bits per heavy atom. The highest BCUT2D eigenvalue weighted by atomic mass is 16.5. The zero-order valence-electron chi connectivity index (χ0n) is 14.9. The fourth-order valence-corrected chi connectivity index (χ4v) is 2.30. The van der Waals surface area contributed by atoms with Crippen molar-refractivity contribution in [2.45, 2.75) is 25.9 Å². The fourth-order valence-electron chi connectivity index (χ4n) is 2.30. The number of benzene rings is 1. The predicted molar refractivity (Wildman–Crippen MR) is 90.4 cm³/mol. The first-order valence-electron chi connectivity index (χ1n) is 7.68. The van der Waals surface area contributed by atoms with Crippen LogP contribution in [0, 0.1) is 0 Å². The molecule has 0 aliphatic carbocycles. The Balaban J connectivity index is 2.70. The number of hydrogen-bond acceptors (Lipinski definition) is 5. The van der Waals surface area contributed by atoms with Gasteiger partial charge in [-0.3, -0.25) is 14.5 Å². The molecular weight excluding hydrogens is 312 g/mol. The molecule has 1 amide bonds. The second-order valence-corrected chi connectivity index (χ2v) is 5.68. The highest BCUT2D eigenvalue weighted by Gasteiger charge is 2.22. The standard InChI is InChI=1S/C17H26N2O5/c1-12(18(2)9-8-16(20)21)17(22)19(3)11-13-6-7-14(23-4)15(10-13)24-5/h6-7,10,12H,8-9,11H2,1-5H3,(H,20,21). The van der Waals surface area contributed by atoms with E-state index in [0.717, 1.165) is 5.56 Å². The van der Waals surface area contributed by atoms with Crippen molar-refractivity contribution in [1.82, 2.24) is 9.80 Å². The summed E-state index contributed by atoms with van der Waals surface area (Å²) in [6, 6.07) is 5.12. The molecule has 0 radical (unpaired) electrons. The molecular formula is C17H26N2O5. The van der Waals surface area contributed by atoms with Crippen LogP contribution in [0.4, 0.5) is 0 Å². The molecule has 0 spiro atoms. The van der Waals surface area contributed by atoms with E-state index in [1.807, 2.05) is 12.1 Å². The number of likely N-dealkylation sites (N-methyl/N-ethyl adjacent to an activating group) is 2. The number of nitrogens with zero attached hydrogens (tertiary/aromatic N) is 2. The van der Waals surface area contributed by atoms with Gasteiger partial charge in [0.25, 0.3) is 0 Å². The van der Waals surface area contributed by atoms with Crippen molar-refractivity contribution in [2.75, 3.05) is 34.9 Å². The second-order valence-electron chi connectivity index (χ2n) is 5.68. The normalized spacial score (nSPS) is 11.9. The summed E-state index contributed by atoms with van der Waals surface area (Å²) in [5.74, 6) is 0.303. The van der Waals surface area contributed by atoms with Crippen molar-refractivity contribution < 1.29 is 24.2 Å². The summed E-state index contributed by atoms with van der Waals surface area (Å²) in [6.45, 7) is 2.53. The first kappa shape index (κ1) is 19.8. The second kappa shape index (κ2) is 9.12. The lowest BCUT2D eigenvalue weighted by Gasteiger charge is -2.28. The van der Waals surface area contributed by atoms with Crippen LogP contribution >= 0.6 is 0 Å². The number of amides is 1. The number of carboxylic acids is 1. The summed E-state index contributed by atoms with van der Waals surface area (Å²) in [5, 5.41) is 8.73. The van der Waals surface area contributed by atoms with Gasteiger partial charge in [-0.15, -0.1) is 0 Å². The molecule has 0 aromatic heterocycles. The Bertz CT molecular complexity index is 576. The zero-order chi connectivity index (χ0) is 18.3. The monoisotopic (exact) mass is 338 g/mol. The fraction of sp³-hybridized carbons (Fsp3) is 0.529. The van der Waals surface area contributed by atoms with Gasteiger partial charge in [-0.1, -0.05) is 6.07 Å². The lowest BCUT2D eigenvalue weighted by molar-refractivity contribution is -0.139. The quantitative estimate of drug-likeness (QED) is 0.734. The van der Waals surface area contributed by atoms with Crippen molar-refractivity contribution in [3.63, 3.8) is 0 Å². The average molecular weight is 338 g/mol. The van der Waals surface area contributed by atoms with Crippen LogP contribution in [0.1, 0.15) is 18.9 Å². The lowest BCUT2D eigenvalue weighted by atomic mass is 10.1. The van der Waals surface area contributed by atoms with Crippen LogP contribution in [0.2, 0.25) is 0 Å². The summed E-state index contributed by atoms with van der Waals surface area (Å²) in [4.78, 5) is 26.5. The third-order valence-electron chi connectivity index (χ3n) is 3.94. The van der Waals surface area contributed by atoms with E-state index in [2.05, 4.69) is 0 Å². The van der Waals surface area contributed by atoms with Gasteiger partial charge in [0.05, 0.1) is 26.7 Å². The van der Waals surface area contributed by atoms with Gasteiger partial charge in [0.2, 0.25) is 5.91 Å². The number of carbonyl (C=O) groups is 2. The van der Waals surface area contributed by atoms with Gasteiger partial charge < -0.3 is 19.5 Å². The molecule has 1 N–H and O–H groups in total. The average Bonchev–Trinajstić information content (AvgIpc) is 2.57. The van der Waals surface area contributed by atoms with Gasteiger partial charge in [0, 0.05) is 20.1 Å². The van der Waals surface area contributed by atoms with Crippen LogP contribution in [0.15, 0.2) is 18.2 Å². The largest absolute Gasteiger partial charge is 0.493 e. The highest BCUT2D eigenvalue weighted by molar-refractivity contribution is 5.81. The zero-order valence-corrected chi connectivity index (χ0v) is 14.9. The predicted octanol–water partition coefficient (Wildman–Crippen LogP) is 1.46. The van der Waals surface area contributed by atoms with Crippen LogP contribution in [-0.4, -0.2) is 67.7 Å². The first-order valence-corrected chi connectivity index (χ1v) is 7.68. The molecule has 0 saturated heterocycles. The smallest absolute Gasteiger partial charge is 0.304 e. The van der Waals surface area contributed by atoms with Crippen LogP contribution < -0.4 is 9.47 Å². The minimum absolute atomic E-state index is 0.00745. The summed E-state index contributed by atoms with van der Waals surface area (Å²) in [5.41, 5.74) is 0.920. The molecule has 1 rings (SSSR count). The van der Waals surface area contributed by atoms with E-state index in [1.165, 1.54) is 0 Å². The van der Waals surface area contributed by atoms with Crippen LogP contribution in [0.3, 0.4) is 0 Å². The summed E-state index contributed by atoms with van der Waals surface area (Å²) >= 11 is 0. The Hall–Kier alpha value is -2.28. The van der Waals surface area contributed by atoms with E-state index in [9.17, 15) is 9.59 Å². The Labute approximate surface area is 142 Å². The maximum absolute atomic E-state index is 12.5. The van der Waals surface area contributed by atoms with Crippen molar-refractivity contribution >= 4 is 11.9 Å². The molecule has 0 aliphatic heterocycles. The maximum Gasteiger partial charge on any atom is 0.304 e. The molecule has 0 heterocycles. The Kier molecular flexibility index (Phi) is 7.51. The molecule has 0 aliphatic rings.